The summed E-state index contributed by atoms with van der Waals surface area (Å²) in [6.45, 7) is 11.6. The summed E-state index contributed by atoms with van der Waals surface area (Å²) in [5.74, 6) is 0.845. The number of aliphatic hydroxyl groups is 1. The molecule has 114 valence electrons. The van der Waals surface area contributed by atoms with Crippen molar-refractivity contribution < 1.29 is 9.84 Å². The Morgan fingerprint density at radius 3 is 2.35 bits per heavy atom. The van der Waals surface area contributed by atoms with Crippen LogP contribution in [0, 0.1) is 0 Å². The average Bonchev–Trinajstić information content (AvgIpc) is 2.48. The van der Waals surface area contributed by atoms with Crippen LogP contribution >= 0.6 is 0 Å². The van der Waals surface area contributed by atoms with Crippen LogP contribution < -0.4 is 10.1 Å². The van der Waals surface area contributed by atoms with Gasteiger partial charge in [-0.2, -0.15) is 0 Å². The van der Waals surface area contributed by atoms with Gasteiger partial charge in [-0.15, -0.1) is 0 Å². The number of likely N-dealkylation sites (N-methyl/N-ethyl adjacent to an activating group) is 1. The Balaban J connectivity index is 2.29. The lowest BCUT2D eigenvalue weighted by molar-refractivity contribution is 0.172. The predicted molar refractivity (Wildman–Crippen MR) is 83.2 cm³/mol. The first kappa shape index (κ1) is 17.0. The number of nitrogens with one attached hydrogen (secondary N) is 1. The fourth-order valence-electron chi connectivity index (χ4n) is 2.09. The van der Waals surface area contributed by atoms with Crippen molar-refractivity contribution in [2.45, 2.75) is 26.9 Å². The normalized spacial score (nSPS) is 12.7. The number of benzene rings is 1. The quantitative estimate of drug-likeness (QED) is 0.644. The van der Waals surface area contributed by atoms with E-state index in [-0.39, 0.29) is 0 Å². The first-order chi connectivity index (χ1) is 9.71. The third kappa shape index (κ3) is 5.90. The molecule has 1 aromatic rings. The van der Waals surface area contributed by atoms with Gasteiger partial charge in [0.1, 0.15) is 5.75 Å². The standard InChI is InChI=1S/C16H28N2O2/c1-4-18(5-2)12-11-17-13-16(19)14-7-9-15(10-8-14)20-6-3/h7-10,16-17,19H,4-6,11-13H2,1-3H3. The van der Waals surface area contributed by atoms with Crippen LogP contribution in [0.25, 0.3) is 0 Å². The third-order valence-corrected chi connectivity index (χ3v) is 3.41. The van der Waals surface area contributed by atoms with E-state index in [0.717, 1.165) is 37.5 Å². The Bertz CT molecular complexity index is 350. The Morgan fingerprint density at radius 2 is 1.80 bits per heavy atom. The summed E-state index contributed by atoms with van der Waals surface area (Å²) in [5.41, 5.74) is 0.920. The molecule has 20 heavy (non-hydrogen) atoms. The maximum absolute atomic E-state index is 10.1. The molecule has 2 N–H and O–H groups in total. The summed E-state index contributed by atoms with van der Waals surface area (Å²) in [6, 6.07) is 7.64. The zero-order valence-electron chi connectivity index (χ0n) is 12.9. The smallest absolute Gasteiger partial charge is 0.119 e. The molecule has 0 aliphatic rings. The van der Waals surface area contributed by atoms with E-state index < -0.39 is 6.10 Å². The van der Waals surface area contributed by atoms with Crippen molar-refractivity contribution in [3.8, 4) is 5.75 Å². The summed E-state index contributed by atoms with van der Waals surface area (Å²) >= 11 is 0. The predicted octanol–water partition coefficient (Wildman–Crippen LogP) is 2.05. The van der Waals surface area contributed by atoms with Gasteiger partial charge in [-0.05, 0) is 37.7 Å². The van der Waals surface area contributed by atoms with Crippen LogP contribution in [0.3, 0.4) is 0 Å². The number of rotatable bonds is 10. The van der Waals surface area contributed by atoms with E-state index in [1.54, 1.807) is 0 Å². The van der Waals surface area contributed by atoms with Gasteiger partial charge >= 0.3 is 0 Å². The Morgan fingerprint density at radius 1 is 1.15 bits per heavy atom. The van der Waals surface area contributed by atoms with Crippen LogP contribution in [0.4, 0.5) is 0 Å². The average molecular weight is 280 g/mol. The van der Waals surface area contributed by atoms with E-state index in [0.29, 0.717) is 13.2 Å². The van der Waals surface area contributed by atoms with Crippen molar-refractivity contribution >= 4 is 0 Å². The maximum atomic E-state index is 10.1. The molecule has 4 nitrogen and oxygen atoms in total. The van der Waals surface area contributed by atoms with Gasteiger partial charge in [-0.3, -0.25) is 0 Å². The highest BCUT2D eigenvalue weighted by Gasteiger charge is 2.07. The van der Waals surface area contributed by atoms with Gasteiger partial charge in [0.2, 0.25) is 0 Å². The van der Waals surface area contributed by atoms with E-state index in [2.05, 4.69) is 24.1 Å². The molecule has 1 atom stereocenters. The number of nitrogens with zero attached hydrogens (tertiary/aromatic N) is 1. The molecule has 0 heterocycles. The second-order valence-corrected chi connectivity index (χ2v) is 4.75. The van der Waals surface area contributed by atoms with E-state index in [1.807, 2.05) is 31.2 Å². The van der Waals surface area contributed by atoms with Crippen LogP contribution in [0.2, 0.25) is 0 Å². The van der Waals surface area contributed by atoms with Gasteiger partial charge in [0.05, 0.1) is 12.7 Å². The van der Waals surface area contributed by atoms with E-state index >= 15 is 0 Å². The van der Waals surface area contributed by atoms with Gasteiger partial charge < -0.3 is 20.1 Å². The van der Waals surface area contributed by atoms with Gasteiger partial charge in [0.25, 0.3) is 0 Å². The lowest BCUT2D eigenvalue weighted by Gasteiger charge is -2.19. The van der Waals surface area contributed by atoms with Crippen molar-refractivity contribution in [1.29, 1.82) is 0 Å². The number of hydrogen-bond acceptors (Lipinski definition) is 4. The molecule has 0 aliphatic carbocycles. The monoisotopic (exact) mass is 280 g/mol. The van der Waals surface area contributed by atoms with Crippen LogP contribution in [-0.2, 0) is 0 Å². The molecule has 0 aliphatic heterocycles. The summed E-state index contributed by atoms with van der Waals surface area (Å²) in [4.78, 5) is 2.36. The van der Waals surface area contributed by atoms with E-state index in [4.69, 9.17) is 4.74 Å². The molecule has 0 spiro atoms. The molecule has 1 unspecified atom stereocenters. The van der Waals surface area contributed by atoms with E-state index in [1.165, 1.54) is 0 Å². The van der Waals surface area contributed by atoms with Crippen LogP contribution in [0.15, 0.2) is 24.3 Å². The van der Waals surface area contributed by atoms with Crippen molar-refractivity contribution in [3.05, 3.63) is 29.8 Å². The van der Waals surface area contributed by atoms with Gasteiger partial charge in [-0.1, -0.05) is 26.0 Å². The SMILES string of the molecule is CCOc1ccc(C(O)CNCCN(CC)CC)cc1. The molecule has 0 fully saturated rings. The fourth-order valence-corrected chi connectivity index (χ4v) is 2.09. The minimum absolute atomic E-state index is 0.470. The topological polar surface area (TPSA) is 44.7 Å². The van der Waals surface area contributed by atoms with Crippen LogP contribution in [-0.4, -0.2) is 49.3 Å². The van der Waals surface area contributed by atoms with Gasteiger partial charge in [-0.25, -0.2) is 0 Å². The van der Waals surface area contributed by atoms with Gasteiger partial charge in [0.15, 0.2) is 0 Å². The Labute approximate surface area is 122 Å². The maximum Gasteiger partial charge on any atom is 0.119 e. The Hall–Kier alpha value is -1.10. The highest BCUT2D eigenvalue weighted by atomic mass is 16.5. The third-order valence-electron chi connectivity index (χ3n) is 3.41. The molecule has 0 amide bonds. The summed E-state index contributed by atoms with van der Waals surface area (Å²) in [6.07, 6.45) is -0.470. The lowest BCUT2D eigenvalue weighted by atomic mass is 10.1. The highest BCUT2D eigenvalue weighted by Crippen LogP contribution is 2.17. The first-order valence-electron chi connectivity index (χ1n) is 7.55. The molecule has 1 rings (SSSR count). The van der Waals surface area contributed by atoms with E-state index in [9.17, 15) is 5.11 Å². The minimum atomic E-state index is -0.470. The van der Waals surface area contributed by atoms with Crippen molar-refractivity contribution in [2.24, 2.45) is 0 Å². The lowest BCUT2D eigenvalue weighted by Crippen LogP contribution is -2.33. The zero-order chi connectivity index (χ0) is 14.8. The van der Waals surface area contributed by atoms with Crippen LogP contribution in [0.5, 0.6) is 5.75 Å². The molecule has 1 aromatic carbocycles. The first-order valence-corrected chi connectivity index (χ1v) is 7.55. The number of aliphatic hydroxyl groups excluding tert-OH is 1. The fraction of sp³-hybridized carbons (Fsp3) is 0.625. The molecule has 0 saturated heterocycles. The molecule has 0 radical (unpaired) electrons. The molecule has 0 saturated carbocycles. The number of hydrogen-bond donors (Lipinski definition) is 2. The Kier molecular flexibility index (Phi) is 8.26. The molecular formula is C16H28N2O2. The molecular weight excluding hydrogens is 252 g/mol. The minimum Gasteiger partial charge on any atom is -0.494 e. The second kappa shape index (κ2) is 9.75. The summed E-state index contributed by atoms with van der Waals surface area (Å²) < 4.78 is 5.39. The van der Waals surface area contributed by atoms with Crippen LogP contribution in [0.1, 0.15) is 32.4 Å². The second-order valence-electron chi connectivity index (χ2n) is 4.75. The summed E-state index contributed by atoms with van der Waals surface area (Å²) in [7, 11) is 0. The van der Waals surface area contributed by atoms with Crippen molar-refractivity contribution in [3.63, 3.8) is 0 Å². The number of ether oxygens (including phenoxy) is 1. The molecule has 0 aromatic heterocycles. The zero-order valence-corrected chi connectivity index (χ0v) is 12.9. The molecule has 0 bridgehead atoms. The molecule has 4 heteroatoms. The van der Waals surface area contributed by atoms with Gasteiger partial charge in [0, 0.05) is 19.6 Å². The largest absolute Gasteiger partial charge is 0.494 e. The summed E-state index contributed by atoms with van der Waals surface area (Å²) in [5, 5.41) is 13.4. The van der Waals surface area contributed by atoms with Crippen molar-refractivity contribution in [1.82, 2.24) is 10.2 Å². The highest BCUT2D eigenvalue weighted by molar-refractivity contribution is 5.28. The van der Waals surface area contributed by atoms with Crippen molar-refractivity contribution in [2.75, 3.05) is 39.3 Å².